The smallest absolute Gasteiger partial charge is 0.230 e. The quantitative estimate of drug-likeness (QED) is 0.544. The van der Waals surface area contributed by atoms with E-state index in [1.54, 1.807) is 0 Å². The summed E-state index contributed by atoms with van der Waals surface area (Å²) in [5.74, 6) is 0.433. The number of benzene rings is 1. The molecule has 1 N–H and O–H groups in total. The Bertz CT molecular complexity index is 755. The first-order chi connectivity index (χ1) is 13.5. The molecule has 3 rings (SSSR count). The maximum absolute atomic E-state index is 12.2. The number of ether oxygens (including phenoxy) is 1. The molecule has 7 heteroatoms. The molecular formula is C21H30N4O2S. The van der Waals surface area contributed by atoms with Gasteiger partial charge in [0.05, 0.1) is 29.9 Å². The second-order valence-electron chi connectivity index (χ2n) is 7.36. The van der Waals surface area contributed by atoms with Crippen molar-refractivity contribution in [2.45, 2.75) is 37.6 Å². The molecule has 0 spiro atoms. The molecule has 0 aliphatic carbocycles. The lowest BCUT2D eigenvalue weighted by atomic mass is 10.2. The van der Waals surface area contributed by atoms with E-state index < -0.39 is 0 Å². The van der Waals surface area contributed by atoms with Crippen molar-refractivity contribution < 1.29 is 9.53 Å². The monoisotopic (exact) mass is 402 g/mol. The zero-order valence-electron chi connectivity index (χ0n) is 16.9. The second kappa shape index (κ2) is 10.1. The first-order valence-electron chi connectivity index (χ1n) is 9.87. The van der Waals surface area contributed by atoms with E-state index in [9.17, 15) is 4.79 Å². The number of hydrogen-bond acceptors (Lipinski definition) is 5. The van der Waals surface area contributed by atoms with Crippen LogP contribution in [-0.4, -0.2) is 64.5 Å². The molecule has 1 saturated heterocycles. The van der Waals surface area contributed by atoms with Gasteiger partial charge in [-0.25, -0.2) is 4.98 Å². The molecule has 0 saturated carbocycles. The number of rotatable bonds is 8. The van der Waals surface area contributed by atoms with Gasteiger partial charge < -0.3 is 14.6 Å². The summed E-state index contributed by atoms with van der Waals surface area (Å²) >= 11 is 1.47. The van der Waals surface area contributed by atoms with Gasteiger partial charge in [-0.1, -0.05) is 42.1 Å². The van der Waals surface area contributed by atoms with Crippen LogP contribution >= 0.6 is 11.8 Å². The molecule has 0 unspecified atom stereocenters. The minimum absolute atomic E-state index is 0.0537. The molecule has 2 atom stereocenters. The molecule has 1 amide bonds. The summed E-state index contributed by atoms with van der Waals surface area (Å²) in [6.45, 7) is 7.86. The molecule has 2 heterocycles. The number of thioether (sulfide) groups is 1. The average molecular weight is 403 g/mol. The van der Waals surface area contributed by atoms with Crippen LogP contribution in [0.3, 0.4) is 0 Å². The second-order valence-corrected chi connectivity index (χ2v) is 8.30. The molecule has 1 aliphatic heterocycles. The molecule has 1 aromatic heterocycles. The molecule has 1 fully saturated rings. The molecule has 152 valence electrons. The molecule has 0 bridgehead atoms. The maximum Gasteiger partial charge on any atom is 0.230 e. The summed E-state index contributed by atoms with van der Waals surface area (Å²) in [7, 11) is 1.99. The molecular weight excluding hydrogens is 372 g/mol. The van der Waals surface area contributed by atoms with E-state index in [-0.39, 0.29) is 18.1 Å². The Hall–Kier alpha value is -1.83. The zero-order chi connectivity index (χ0) is 19.9. The lowest BCUT2D eigenvalue weighted by Crippen LogP contribution is -2.46. The van der Waals surface area contributed by atoms with Crippen LogP contribution in [0.1, 0.15) is 20.3 Å². The third-order valence-corrected chi connectivity index (χ3v) is 5.86. The highest BCUT2D eigenvalue weighted by Crippen LogP contribution is 2.24. The number of aromatic nitrogens is 2. The fourth-order valence-electron chi connectivity index (χ4n) is 3.58. The van der Waals surface area contributed by atoms with Crippen molar-refractivity contribution in [3.8, 4) is 11.3 Å². The highest BCUT2D eigenvalue weighted by Gasteiger charge is 2.21. The van der Waals surface area contributed by atoms with Crippen molar-refractivity contribution in [3.63, 3.8) is 0 Å². The van der Waals surface area contributed by atoms with Crippen LogP contribution in [0.25, 0.3) is 11.3 Å². The Kier molecular flexibility index (Phi) is 7.53. The van der Waals surface area contributed by atoms with Crippen LogP contribution in [0.15, 0.2) is 41.7 Å². The predicted molar refractivity (Wildman–Crippen MR) is 113 cm³/mol. The number of amides is 1. The van der Waals surface area contributed by atoms with Crippen molar-refractivity contribution in [1.82, 2.24) is 19.8 Å². The highest BCUT2D eigenvalue weighted by molar-refractivity contribution is 7.99. The van der Waals surface area contributed by atoms with E-state index in [2.05, 4.69) is 41.2 Å². The number of hydrogen-bond donors (Lipinski definition) is 1. The van der Waals surface area contributed by atoms with Crippen molar-refractivity contribution in [3.05, 3.63) is 36.5 Å². The Morgan fingerprint density at radius 1 is 1.25 bits per heavy atom. The van der Waals surface area contributed by atoms with E-state index in [4.69, 9.17) is 4.74 Å². The van der Waals surface area contributed by atoms with Gasteiger partial charge in [-0.3, -0.25) is 9.69 Å². The van der Waals surface area contributed by atoms with Gasteiger partial charge in [0.2, 0.25) is 5.91 Å². The Balaban J connectivity index is 1.37. The first kappa shape index (κ1) is 20.9. The molecule has 28 heavy (non-hydrogen) atoms. The minimum atomic E-state index is 0.0537. The van der Waals surface area contributed by atoms with E-state index in [0.29, 0.717) is 12.3 Å². The highest BCUT2D eigenvalue weighted by atomic mass is 32.2. The van der Waals surface area contributed by atoms with E-state index in [1.165, 1.54) is 11.8 Å². The number of morpholine rings is 1. The number of imidazole rings is 1. The molecule has 0 radical (unpaired) electrons. The number of carbonyl (C=O) groups excluding carboxylic acids is 1. The van der Waals surface area contributed by atoms with Gasteiger partial charge in [-0.05, 0) is 25.8 Å². The maximum atomic E-state index is 12.2. The Morgan fingerprint density at radius 2 is 1.96 bits per heavy atom. The predicted octanol–water partition coefficient (Wildman–Crippen LogP) is 2.79. The van der Waals surface area contributed by atoms with Crippen LogP contribution in [0.5, 0.6) is 0 Å². The molecule has 2 aromatic rings. The third-order valence-electron chi connectivity index (χ3n) is 4.82. The zero-order valence-corrected chi connectivity index (χ0v) is 17.7. The first-order valence-corrected chi connectivity index (χ1v) is 10.9. The van der Waals surface area contributed by atoms with Gasteiger partial charge >= 0.3 is 0 Å². The standard InChI is InChI=1S/C21H30N4O2S/c1-16-13-25(14-17(2)27-16)11-7-10-22-20(26)15-28-21-23-12-19(24(21)3)18-8-5-4-6-9-18/h4-6,8-9,12,16-17H,7,10-11,13-15H2,1-3H3,(H,22,26)/t16-,17-/m1/s1. The van der Waals surface area contributed by atoms with Crippen LogP contribution in [0, 0.1) is 0 Å². The van der Waals surface area contributed by atoms with Gasteiger partial charge in [0.15, 0.2) is 5.16 Å². The van der Waals surface area contributed by atoms with Crippen LogP contribution < -0.4 is 5.32 Å². The lowest BCUT2D eigenvalue weighted by molar-refractivity contribution is -0.118. The van der Waals surface area contributed by atoms with E-state index in [0.717, 1.165) is 42.5 Å². The molecule has 1 aliphatic rings. The van der Waals surface area contributed by atoms with Crippen LogP contribution in [-0.2, 0) is 16.6 Å². The third kappa shape index (κ3) is 5.83. The number of carbonyl (C=O) groups is 1. The van der Waals surface area contributed by atoms with Crippen molar-refractivity contribution in [2.75, 3.05) is 31.9 Å². The minimum Gasteiger partial charge on any atom is -0.373 e. The van der Waals surface area contributed by atoms with E-state index in [1.807, 2.05) is 36.0 Å². The Labute approximate surface area is 171 Å². The molecule has 1 aromatic carbocycles. The average Bonchev–Trinajstić information content (AvgIpc) is 3.04. The normalized spacial score (nSPS) is 20.2. The summed E-state index contributed by atoms with van der Waals surface area (Å²) in [5.41, 5.74) is 2.18. The van der Waals surface area contributed by atoms with Gasteiger partial charge in [-0.2, -0.15) is 0 Å². The summed E-state index contributed by atoms with van der Waals surface area (Å²) in [4.78, 5) is 19.0. The van der Waals surface area contributed by atoms with Crippen molar-refractivity contribution >= 4 is 17.7 Å². The van der Waals surface area contributed by atoms with Crippen LogP contribution in [0.2, 0.25) is 0 Å². The number of nitrogens with one attached hydrogen (secondary N) is 1. The topological polar surface area (TPSA) is 59.4 Å². The number of nitrogens with zero attached hydrogens (tertiary/aromatic N) is 3. The SMILES string of the molecule is C[C@@H]1CN(CCCNC(=O)CSc2ncc(-c3ccccc3)n2C)C[C@@H](C)O1. The summed E-state index contributed by atoms with van der Waals surface area (Å²) in [6.07, 6.45) is 3.39. The Morgan fingerprint density at radius 3 is 2.68 bits per heavy atom. The summed E-state index contributed by atoms with van der Waals surface area (Å²) < 4.78 is 7.79. The summed E-state index contributed by atoms with van der Waals surface area (Å²) in [5, 5.41) is 3.87. The fourth-order valence-corrected chi connectivity index (χ4v) is 4.36. The largest absolute Gasteiger partial charge is 0.373 e. The van der Waals surface area contributed by atoms with Gasteiger partial charge in [0, 0.05) is 33.2 Å². The van der Waals surface area contributed by atoms with Crippen molar-refractivity contribution in [2.24, 2.45) is 7.05 Å². The lowest BCUT2D eigenvalue weighted by Gasteiger charge is -2.35. The fraction of sp³-hybridized carbons (Fsp3) is 0.524. The van der Waals surface area contributed by atoms with E-state index >= 15 is 0 Å². The summed E-state index contributed by atoms with van der Waals surface area (Å²) in [6, 6.07) is 10.2. The van der Waals surface area contributed by atoms with Gasteiger partial charge in [0.1, 0.15) is 0 Å². The van der Waals surface area contributed by atoms with Crippen molar-refractivity contribution in [1.29, 1.82) is 0 Å². The molecule has 6 nitrogen and oxygen atoms in total. The van der Waals surface area contributed by atoms with Gasteiger partial charge in [-0.15, -0.1) is 0 Å². The van der Waals surface area contributed by atoms with Gasteiger partial charge in [0.25, 0.3) is 0 Å². The van der Waals surface area contributed by atoms with Crippen LogP contribution in [0.4, 0.5) is 0 Å².